The van der Waals surface area contributed by atoms with Gasteiger partial charge in [-0.25, -0.2) is 0 Å². The fourth-order valence-electron chi connectivity index (χ4n) is 1.47. The Hall–Kier alpha value is -0.830. The summed E-state index contributed by atoms with van der Waals surface area (Å²) in [6.07, 6.45) is 1.02. The van der Waals surface area contributed by atoms with Crippen molar-refractivity contribution in [3.05, 3.63) is 29.8 Å². The quantitative estimate of drug-likeness (QED) is 0.779. The lowest BCUT2D eigenvalue weighted by Crippen LogP contribution is -2.39. The van der Waals surface area contributed by atoms with Gasteiger partial charge in [0.2, 0.25) is 5.91 Å². The molecule has 0 heterocycles. The molecule has 88 valence electrons. The van der Waals surface area contributed by atoms with Crippen LogP contribution in [0.2, 0.25) is 0 Å². The molecule has 1 amide bonds. The molecule has 0 saturated carbocycles. The van der Waals surface area contributed by atoms with E-state index in [1.807, 2.05) is 26.0 Å². The smallest absolute Gasteiger partial charge is 0.243 e. The van der Waals surface area contributed by atoms with Crippen LogP contribution in [0.3, 0.4) is 0 Å². The van der Waals surface area contributed by atoms with Gasteiger partial charge in [-0.05, 0) is 38.0 Å². The first-order valence-electron chi connectivity index (χ1n) is 5.42. The number of carbonyl (C=O) groups is 1. The minimum absolute atomic E-state index is 0.0525. The predicted molar refractivity (Wildman–Crippen MR) is 72.2 cm³/mol. The Labute approximate surface area is 106 Å². The molecular formula is C13H18BrNO. The molecule has 0 bridgehead atoms. The van der Waals surface area contributed by atoms with Gasteiger partial charge in [0.1, 0.15) is 0 Å². The zero-order valence-corrected chi connectivity index (χ0v) is 11.8. The summed E-state index contributed by atoms with van der Waals surface area (Å²) in [4.78, 5) is 13.7. The fraction of sp³-hybridized carbons (Fsp3) is 0.462. The molecule has 0 unspecified atom stereocenters. The number of benzene rings is 1. The van der Waals surface area contributed by atoms with Crippen molar-refractivity contribution in [2.24, 2.45) is 0 Å². The predicted octanol–water partition coefficient (Wildman–Crippen LogP) is 3.39. The maximum atomic E-state index is 12.0. The number of halogens is 1. The minimum Gasteiger partial charge on any atom is -0.314 e. The van der Waals surface area contributed by atoms with Crippen LogP contribution in [0.25, 0.3) is 0 Å². The van der Waals surface area contributed by atoms with Gasteiger partial charge in [0.25, 0.3) is 0 Å². The summed E-state index contributed by atoms with van der Waals surface area (Å²) in [6, 6.07) is 8.08. The second kappa shape index (κ2) is 5.00. The van der Waals surface area contributed by atoms with Crippen LogP contribution in [-0.4, -0.2) is 17.3 Å². The second-order valence-corrected chi connectivity index (χ2v) is 6.34. The van der Waals surface area contributed by atoms with E-state index in [9.17, 15) is 4.79 Å². The molecule has 2 nitrogen and oxygen atoms in total. The normalized spacial score (nSPS) is 11.3. The summed E-state index contributed by atoms with van der Waals surface area (Å²) < 4.78 is -0.523. The van der Waals surface area contributed by atoms with Crippen molar-refractivity contribution in [3.8, 4) is 0 Å². The lowest BCUT2D eigenvalue weighted by atomic mass is 10.1. The van der Waals surface area contributed by atoms with Gasteiger partial charge >= 0.3 is 0 Å². The molecule has 0 aliphatic rings. The molecule has 0 fully saturated rings. The largest absolute Gasteiger partial charge is 0.314 e. The van der Waals surface area contributed by atoms with Gasteiger partial charge in [0, 0.05) is 12.7 Å². The number of hydrogen-bond donors (Lipinski definition) is 0. The highest BCUT2D eigenvalue weighted by Gasteiger charge is 2.27. The first-order valence-corrected chi connectivity index (χ1v) is 6.21. The van der Waals surface area contributed by atoms with E-state index in [1.54, 1.807) is 11.9 Å². The molecule has 1 aromatic rings. The third-order valence-electron chi connectivity index (χ3n) is 2.55. The maximum absolute atomic E-state index is 12.0. The molecular weight excluding hydrogens is 266 g/mol. The summed E-state index contributed by atoms with van der Waals surface area (Å²) in [7, 11) is 1.80. The van der Waals surface area contributed by atoms with E-state index in [4.69, 9.17) is 0 Å². The van der Waals surface area contributed by atoms with Crippen molar-refractivity contribution in [2.75, 3.05) is 11.9 Å². The molecule has 0 aromatic heterocycles. The average molecular weight is 284 g/mol. The topological polar surface area (TPSA) is 20.3 Å². The highest BCUT2D eigenvalue weighted by molar-refractivity contribution is 9.10. The molecule has 1 rings (SSSR count). The van der Waals surface area contributed by atoms with Gasteiger partial charge in [0.05, 0.1) is 4.32 Å². The molecule has 3 heteroatoms. The molecule has 0 aliphatic heterocycles. The summed E-state index contributed by atoms with van der Waals surface area (Å²) >= 11 is 3.38. The second-order valence-electron chi connectivity index (χ2n) is 4.36. The average Bonchev–Trinajstić information content (AvgIpc) is 2.26. The van der Waals surface area contributed by atoms with Gasteiger partial charge in [0.15, 0.2) is 0 Å². The standard InChI is InChI=1S/C13H18BrNO/c1-5-10-6-8-11(9-7-10)15(4)12(16)13(2,3)14/h6-9H,5H2,1-4H3. The van der Waals surface area contributed by atoms with Crippen LogP contribution in [0, 0.1) is 0 Å². The number of carbonyl (C=O) groups excluding carboxylic acids is 1. The Kier molecular flexibility index (Phi) is 4.14. The SMILES string of the molecule is CCc1ccc(N(C)C(=O)C(C)(C)Br)cc1. The van der Waals surface area contributed by atoms with Gasteiger partial charge in [-0.2, -0.15) is 0 Å². The van der Waals surface area contributed by atoms with Gasteiger partial charge in [-0.15, -0.1) is 0 Å². The highest BCUT2D eigenvalue weighted by Crippen LogP contribution is 2.23. The van der Waals surface area contributed by atoms with Crippen LogP contribution in [0.15, 0.2) is 24.3 Å². The van der Waals surface area contributed by atoms with Crippen LogP contribution < -0.4 is 4.90 Å². The summed E-state index contributed by atoms with van der Waals surface area (Å²) in [5.74, 6) is 0.0525. The van der Waals surface area contributed by atoms with Crippen molar-refractivity contribution in [2.45, 2.75) is 31.5 Å². The van der Waals surface area contributed by atoms with Crippen molar-refractivity contribution in [1.82, 2.24) is 0 Å². The molecule has 0 atom stereocenters. The van der Waals surface area contributed by atoms with Gasteiger partial charge in [-0.3, -0.25) is 4.79 Å². The van der Waals surface area contributed by atoms with Crippen LogP contribution in [0.5, 0.6) is 0 Å². The Morgan fingerprint density at radius 2 is 1.81 bits per heavy atom. The van der Waals surface area contributed by atoms with E-state index in [1.165, 1.54) is 5.56 Å². The molecule has 0 radical (unpaired) electrons. The Morgan fingerprint density at radius 3 is 2.19 bits per heavy atom. The number of anilines is 1. The van der Waals surface area contributed by atoms with Crippen LogP contribution in [0.4, 0.5) is 5.69 Å². The van der Waals surface area contributed by atoms with E-state index >= 15 is 0 Å². The van der Waals surface area contributed by atoms with Gasteiger partial charge in [-0.1, -0.05) is 35.0 Å². The highest BCUT2D eigenvalue weighted by atomic mass is 79.9. The maximum Gasteiger partial charge on any atom is 0.243 e. The van der Waals surface area contributed by atoms with E-state index in [0.29, 0.717) is 0 Å². The zero-order chi connectivity index (χ0) is 12.3. The van der Waals surface area contributed by atoms with Crippen LogP contribution >= 0.6 is 15.9 Å². The monoisotopic (exact) mass is 283 g/mol. The fourth-order valence-corrected chi connectivity index (χ4v) is 1.74. The molecule has 1 aromatic carbocycles. The van der Waals surface area contributed by atoms with E-state index < -0.39 is 4.32 Å². The van der Waals surface area contributed by atoms with E-state index in [0.717, 1.165) is 12.1 Å². The molecule has 0 N–H and O–H groups in total. The zero-order valence-electron chi connectivity index (χ0n) is 10.2. The Bertz CT molecular complexity index is 365. The molecule has 0 saturated heterocycles. The summed E-state index contributed by atoms with van der Waals surface area (Å²) in [5.41, 5.74) is 2.21. The first-order chi connectivity index (χ1) is 7.36. The van der Waals surface area contributed by atoms with Gasteiger partial charge < -0.3 is 4.90 Å². The van der Waals surface area contributed by atoms with Crippen molar-refractivity contribution in [1.29, 1.82) is 0 Å². The summed E-state index contributed by atoms with van der Waals surface area (Å²) in [5, 5.41) is 0. The number of amides is 1. The van der Waals surface area contributed by atoms with Crippen LogP contribution in [0.1, 0.15) is 26.3 Å². The number of aryl methyl sites for hydroxylation is 1. The number of nitrogens with zero attached hydrogens (tertiary/aromatic N) is 1. The number of alkyl halides is 1. The minimum atomic E-state index is -0.523. The third kappa shape index (κ3) is 3.08. The lowest BCUT2D eigenvalue weighted by Gasteiger charge is -2.24. The Balaban J connectivity index is 2.88. The van der Waals surface area contributed by atoms with Crippen molar-refractivity contribution >= 4 is 27.5 Å². The number of rotatable bonds is 3. The van der Waals surface area contributed by atoms with E-state index in [2.05, 4.69) is 35.0 Å². The van der Waals surface area contributed by atoms with Crippen molar-refractivity contribution < 1.29 is 4.79 Å². The first kappa shape index (κ1) is 13.2. The number of hydrogen-bond acceptors (Lipinski definition) is 1. The van der Waals surface area contributed by atoms with Crippen molar-refractivity contribution in [3.63, 3.8) is 0 Å². The summed E-state index contributed by atoms with van der Waals surface area (Å²) in [6.45, 7) is 5.82. The van der Waals surface area contributed by atoms with E-state index in [-0.39, 0.29) is 5.91 Å². The molecule has 0 aliphatic carbocycles. The van der Waals surface area contributed by atoms with Crippen LogP contribution in [-0.2, 0) is 11.2 Å². The molecule has 0 spiro atoms. The third-order valence-corrected chi connectivity index (χ3v) is 2.88. The Morgan fingerprint density at radius 1 is 1.31 bits per heavy atom. The lowest BCUT2D eigenvalue weighted by molar-refractivity contribution is -0.119. The molecule has 16 heavy (non-hydrogen) atoms.